The van der Waals surface area contributed by atoms with Crippen LogP contribution in [0.15, 0.2) is 29.3 Å². The van der Waals surface area contributed by atoms with Crippen molar-refractivity contribution < 1.29 is 22.7 Å². The quantitative estimate of drug-likeness (QED) is 0.714. The SMILES string of the molecule is CN(C)c1ccc(N2C(=NC(=O)CNC(=O)OC(C)(C)C)S[C@H]3CS(=O)(=O)C[C@H]32)cc1. The molecule has 1 aromatic carbocycles. The molecule has 9 nitrogen and oxygen atoms in total. The number of hydrogen-bond acceptors (Lipinski definition) is 7. The zero-order chi connectivity index (χ0) is 23.0. The molecule has 2 aliphatic heterocycles. The standard InChI is InChI=1S/C20H28N4O5S2/c1-20(2,3)29-19(26)21-10-17(25)22-18-24(14-8-6-13(7-9-14)23(4)5)15-11-31(27,28)12-16(15)30-18/h6-9,15-16H,10-12H2,1-5H3,(H,21,26)/t15-,16+/m1/s1. The van der Waals surface area contributed by atoms with E-state index in [1.54, 1.807) is 20.8 Å². The highest BCUT2D eigenvalue weighted by Gasteiger charge is 2.49. The summed E-state index contributed by atoms with van der Waals surface area (Å²) in [5.74, 6) is -0.465. The molecule has 0 radical (unpaired) electrons. The summed E-state index contributed by atoms with van der Waals surface area (Å²) in [5.41, 5.74) is 1.11. The van der Waals surface area contributed by atoms with Gasteiger partial charge in [0.15, 0.2) is 15.0 Å². The number of fused-ring (bicyclic) bond motifs is 1. The van der Waals surface area contributed by atoms with E-state index in [1.807, 2.05) is 48.2 Å². The number of amidine groups is 1. The van der Waals surface area contributed by atoms with E-state index in [0.29, 0.717) is 5.17 Å². The lowest BCUT2D eigenvalue weighted by Crippen LogP contribution is -2.38. The van der Waals surface area contributed by atoms with Crippen LogP contribution in [0.1, 0.15) is 20.8 Å². The van der Waals surface area contributed by atoms with Crippen LogP contribution in [-0.4, -0.2) is 74.6 Å². The largest absolute Gasteiger partial charge is 0.444 e. The van der Waals surface area contributed by atoms with E-state index in [9.17, 15) is 18.0 Å². The Labute approximate surface area is 187 Å². The van der Waals surface area contributed by atoms with Gasteiger partial charge < -0.3 is 19.9 Å². The van der Waals surface area contributed by atoms with E-state index < -0.39 is 27.4 Å². The first-order chi connectivity index (χ1) is 14.3. The number of nitrogens with one attached hydrogen (secondary N) is 1. The van der Waals surface area contributed by atoms with Gasteiger partial charge in [-0.3, -0.25) is 4.79 Å². The van der Waals surface area contributed by atoms with E-state index in [0.717, 1.165) is 11.4 Å². The topological polar surface area (TPSA) is 108 Å². The van der Waals surface area contributed by atoms with E-state index in [4.69, 9.17) is 4.74 Å². The monoisotopic (exact) mass is 468 g/mol. The Balaban J connectivity index is 1.79. The summed E-state index contributed by atoms with van der Waals surface area (Å²) in [6.45, 7) is 4.89. The Bertz CT molecular complexity index is 984. The fourth-order valence-corrected chi connectivity index (χ4v) is 7.32. The van der Waals surface area contributed by atoms with E-state index in [1.165, 1.54) is 11.8 Å². The minimum Gasteiger partial charge on any atom is -0.444 e. The molecule has 2 fully saturated rings. The van der Waals surface area contributed by atoms with Crippen LogP contribution < -0.4 is 15.1 Å². The summed E-state index contributed by atoms with van der Waals surface area (Å²) in [4.78, 5) is 32.2. The third-order valence-corrected chi connectivity index (χ3v) is 7.92. The Morgan fingerprint density at radius 3 is 2.45 bits per heavy atom. The van der Waals surface area contributed by atoms with Crippen molar-refractivity contribution in [3.63, 3.8) is 0 Å². The van der Waals surface area contributed by atoms with E-state index in [-0.39, 0.29) is 29.3 Å². The first kappa shape index (κ1) is 23.4. The van der Waals surface area contributed by atoms with Gasteiger partial charge in [0, 0.05) is 30.7 Å². The lowest BCUT2D eigenvalue weighted by molar-refractivity contribution is -0.117. The summed E-state index contributed by atoms with van der Waals surface area (Å²) in [5, 5.41) is 2.66. The molecule has 0 bridgehead atoms. The molecule has 0 aliphatic carbocycles. The van der Waals surface area contributed by atoms with E-state index in [2.05, 4.69) is 10.3 Å². The number of anilines is 2. The molecule has 170 valence electrons. The third-order valence-electron chi connectivity index (χ3n) is 4.71. The second-order valence-electron chi connectivity index (χ2n) is 8.72. The number of benzene rings is 1. The molecule has 1 N–H and O–H groups in total. The van der Waals surface area contributed by atoms with Crippen LogP contribution in [0.3, 0.4) is 0 Å². The van der Waals surface area contributed by atoms with Gasteiger partial charge in [0.1, 0.15) is 12.1 Å². The summed E-state index contributed by atoms with van der Waals surface area (Å²) >= 11 is 1.29. The van der Waals surface area contributed by atoms with Crippen molar-refractivity contribution in [2.24, 2.45) is 4.99 Å². The molecule has 0 unspecified atom stereocenters. The molecule has 1 aromatic rings. The number of rotatable bonds is 4. The molecule has 2 amide bonds. The number of thioether (sulfide) groups is 1. The number of carbonyl (C=O) groups is 2. The minimum atomic E-state index is -3.14. The summed E-state index contributed by atoms with van der Waals surface area (Å²) in [6.07, 6.45) is -0.695. The van der Waals surface area contributed by atoms with Crippen molar-refractivity contribution in [2.45, 2.75) is 37.7 Å². The molecule has 2 atom stereocenters. The van der Waals surface area contributed by atoms with Crippen molar-refractivity contribution in [2.75, 3.05) is 41.9 Å². The zero-order valence-corrected chi connectivity index (χ0v) is 19.9. The van der Waals surface area contributed by atoms with Gasteiger partial charge in [-0.05, 0) is 45.0 Å². The Kier molecular flexibility index (Phi) is 6.56. The average molecular weight is 469 g/mol. The van der Waals surface area contributed by atoms with Gasteiger partial charge in [0.2, 0.25) is 0 Å². The molecular formula is C20H28N4O5S2. The number of aliphatic imine (C=N–C) groups is 1. The van der Waals surface area contributed by atoms with Gasteiger partial charge in [0.05, 0.1) is 17.5 Å². The number of nitrogens with zero attached hydrogens (tertiary/aromatic N) is 3. The molecule has 3 rings (SSSR count). The van der Waals surface area contributed by atoms with Crippen molar-refractivity contribution in [3.8, 4) is 0 Å². The van der Waals surface area contributed by atoms with Crippen LogP contribution in [0, 0.1) is 0 Å². The number of ether oxygens (including phenoxy) is 1. The number of alkyl carbamates (subject to hydrolysis) is 1. The molecule has 0 spiro atoms. The smallest absolute Gasteiger partial charge is 0.408 e. The predicted molar refractivity (Wildman–Crippen MR) is 124 cm³/mol. The maximum atomic E-state index is 12.4. The highest BCUT2D eigenvalue weighted by molar-refractivity contribution is 8.16. The fraction of sp³-hybridized carbons (Fsp3) is 0.550. The first-order valence-electron chi connectivity index (χ1n) is 9.87. The third kappa shape index (κ3) is 5.91. The first-order valence-corrected chi connectivity index (χ1v) is 12.6. The Morgan fingerprint density at radius 1 is 1.23 bits per heavy atom. The van der Waals surface area contributed by atoms with Crippen molar-refractivity contribution in [1.29, 1.82) is 0 Å². The van der Waals surface area contributed by atoms with Crippen LogP contribution in [0.2, 0.25) is 0 Å². The van der Waals surface area contributed by atoms with Gasteiger partial charge in [-0.25, -0.2) is 13.2 Å². The van der Waals surface area contributed by atoms with Crippen molar-refractivity contribution >= 4 is 50.1 Å². The van der Waals surface area contributed by atoms with Crippen molar-refractivity contribution in [1.82, 2.24) is 5.32 Å². The van der Waals surface area contributed by atoms with Gasteiger partial charge in [-0.1, -0.05) is 11.8 Å². The normalized spacial score (nSPS) is 23.5. The summed E-state index contributed by atoms with van der Waals surface area (Å²) in [7, 11) is 0.725. The number of amides is 2. The lowest BCUT2D eigenvalue weighted by Gasteiger charge is -2.25. The Morgan fingerprint density at radius 2 is 1.87 bits per heavy atom. The molecular weight excluding hydrogens is 440 g/mol. The van der Waals surface area contributed by atoms with Gasteiger partial charge in [-0.2, -0.15) is 4.99 Å². The molecule has 11 heteroatoms. The molecule has 2 aliphatic rings. The van der Waals surface area contributed by atoms with Gasteiger partial charge >= 0.3 is 6.09 Å². The summed E-state index contributed by atoms with van der Waals surface area (Å²) in [6, 6.07) is 7.36. The molecule has 0 saturated carbocycles. The zero-order valence-electron chi connectivity index (χ0n) is 18.3. The second-order valence-corrected chi connectivity index (χ2v) is 12.1. The van der Waals surface area contributed by atoms with Crippen LogP contribution >= 0.6 is 11.8 Å². The molecule has 31 heavy (non-hydrogen) atoms. The minimum absolute atomic E-state index is 0.0173. The fourth-order valence-electron chi connectivity index (χ4n) is 3.39. The maximum absolute atomic E-state index is 12.4. The molecule has 2 saturated heterocycles. The Hall–Kier alpha value is -2.27. The molecule has 2 heterocycles. The second kappa shape index (κ2) is 8.70. The number of sulfone groups is 1. The van der Waals surface area contributed by atoms with Crippen LogP contribution in [0.5, 0.6) is 0 Å². The lowest BCUT2D eigenvalue weighted by atomic mass is 10.2. The predicted octanol–water partition coefficient (Wildman–Crippen LogP) is 1.88. The van der Waals surface area contributed by atoms with Gasteiger partial charge in [-0.15, -0.1) is 0 Å². The van der Waals surface area contributed by atoms with Gasteiger partial charge in [0.25, 0.3) is 5.91 Å². The van der Waals surface area contributed by atoms with Crippen LogP contribution in [0.25, 0.3) is 0 Å². The van der Waals surface area contributed by atoms with Crippen molar-refractivity contribution in [3.05, 3.63) is 24.3 Å². The van der Waals surface area contributed by atoms with E-state index >= 15 is 0 Å². The number of carbonyl (C=O) groups excluding carboxylic acids is 2. The number of hydrogen-bond donors (Lipinski definition) is 1. The maximum Gasteiger partial charge on any atom is 0.408 e. The highest BCUT2D eigenvalue weighted by atomic mass is 32.2. The van der Waals surface area contributed by atoms with Crippen LogP contribution in [-0.2, 0) is 19.4 Å². The average Bonchev–Trinajstić information content (AvgIpc) is 3.09. The van der Waals surface area contributed by atoms with Crippen LogP contribution in [0.4, 0.5) is 16.2 Å². The highest BCUT2D eigenvalue weighted by Crippen LogP contribution is 2.41. The molecule has 0 aromatic heterocycles. The summed E-state index contributed by atoms with van der Waals surface area (Å²) < 4.78 is 29.5.